The van der Waals surface area contributed by atoms with E-state index in [-0.39, 0.29) is 11.8 Å². The van der Waals surface area contributed by atoms with Crippen LogP contribution in [-0.4, -0.2) is 36.4 Å². The van der Waals surface area contributed by atoms with Gasteiger partial charge in [-0.25, -0.2) is 0 Å². The van der Waals surface area contributed by atoms with Crippen molar-refractivity contribution in [1.82, 2.24) is 4.90 Å². The number of amides is 2. The molecule has 122 valence electrons. The van der Waals surface area contributed by atoms with Crippen LogP contribution in [0, 0.1) is 5.41 Å². The van der Waals surface area contributed by atoms with Gasteiger partial charge in [-0.3, -0.25) is 9.59 Å². The van der Waals surface area contributed by atoms with Crippen LogP contribution in [0.5, 0.6) is 5.75 Å². The molecule has 0 spiro atoms. The summed E-state index contributed by atoms with van der Waals surface area (Å²) in [6.45, 7) is 10.8. The molecule has 1 N–H and O–H groups in total. The molecule has 1 aromatic carbocycles. The maximum atomic E-state index is 12.4. The van der Waals surface area contributed by atoms with Crippen LogP contribution >= 0.6 is 0 Å². The summed E-state index contributed by atoms with van der Waals surface area (Å²) in [6, 6.07) is 7.11. The molecule has 22 heavy (non-hydrogen) atoms. The molecule has 0 bridgehead atoms. The SMILES string of the molecule is CCOc1ccc(NC(=O)C(C)(C)C(=O)N(CC)CC)cc1. The zero-order valence-corrected chi connectivity index (χ0v) is 14.1. The predicted octanol–water partition coefficient (Wildman–Crippen LogP) is 2.92. The topological polar surface area (TPSA) is 58.6 Å². The molecule has 5 heteroatoms. The molecule has 0 saturated carbocycles. The molecule has 0 aliphatic heterocycles. The van der Waals surface area contributed by atoms with Crippen molar-refractivity contribution in [2.45, 2.75) is 34.6 Å². The van der Waals surface area contributed by atoms with Crippen molar-refractivity contribution in [3.05, 3.63) is 24.3 Å². The van der Waals surface area contributed by atoms with Gasteiger partial charge in [-0.15, -0.1) is 0 Å². The molecule has 0 atom stereocenters. The average Bonchev–Trinajstić information content (AvgIpc) is 2.50. The summed E-state index contributed by atoms with van der Waals surface area (Å²) in [5.41, 5.74) is -0.459. The Hall–Kier alpha value is -2.04. The Morgan fingerprint density at radius 1 is 1.09 bits per heavy atom. The van der Waals surface area contributed by atoms with E-state index >= 15 is 0 Å². The van der Waals surface area contributed by atoms with Gasteiger partial charge < -0.3 is 15.0 Å². The van der Waals surface area contributed by atoms with E-state index in [2.05, 4.69) is 5.32 Å². The van der Waals surface area contributed by atoms with E-state index in [1.165, 1.54) is 0 Å². The predicted molar refractivity (Wildman–Crippen MR) is 87.9 cm³/mol. The zero-order valence-electron chi connectivity index (χ0n) is 14.1. The number of carbonyl (C=O) groups is 2. The molecule has 5 nitrogen and oxygen atoms in total. The van der Waals surface area contributed by atoms with E-state index in [1.54, 1.807) is 43.0 Å². The van der Waals surface area contributed by atoms with Crippen molar-refractivity contribution < 1.29 is 14.3 Å². The minimum Gasteiger partial charge on any atom is -0.494 e. The molecule has 0 heterocycles. The molecule has 0 aliphatic rings. The van der Waals surface area contributed by atoms with Gasteiger partial charge in [0, 0.05) is 18.8 Å². The van der Waals surface area contributed by atoms with E-state index in [4.69, 9.17) is 4.74 Å². The fourth-order valence-corrected chi connectivity index (χ4v) is 2.09. The Balaban J connectivity index is 2.79. The van der Waals surface area contributed by atoms with Gasteiger partial charge in [-0.05, 0) is 58.9 Å². The first-order chi connectivity index (χ1) is 10.4. The molecule has 0 saturated heterocycles. The van der Waals surface area contributed by atoms with Gasteiger partial charge in [0.1, 0.15) is 11.2 Å². The highest BCUT2D eigenvalue weighted by Gasteiger charge is 2.38. The van der Waals surface area contributed by atoms with Crippen LogP contribution in [0.4, 0.5) is 5.69 Å². The van der Waals surface area contributed by atoms with E-state index in [1.807, 2.05) is 20.8 Å². The van der Waals surface area contributed by atoms with Crippen LogP contribution in [0.3, 0.4) is 0 Å². The van der Waals surface area contributed by atoms with Crippen molar-refractivity contribution in [2.24, 2.45) is 5.41 Å². The molecule has 1 aromatic rings. The average molecular weight is 306 g/mol. The van der Waals surface area contributed by atoms with Crippen molar-refractivity contribution in [3.63, 3.8) is 0 Å². The van der Waals surface area contributed by atoms with Crippen molar-refractivity contribution >= 4 is 17.5 Å². The lowest BCUT2D eigenvalue weighted by molar-refractivity contribution is -0.146. The molecular weight excluding hydrogens is 280 g/mol. The summed E-state index contributed by atoms with van der Waals surface area (Å²) in [5, 5.41) is 2.79. The Labute approximate surface area is 132 Å². The van der Waals surface area contributed by atoms with Crippen LogP contribution in [0.1, 0.15) is 34.6 Å². The van der Waals surface area contributed by atoms with Crippen LogP contribution < -0.4 is 10.1 Å². The summed E-state index contributed by atoms with van der Waals surface area (Å²) in [7, 11) is 0. The highest BCUT2D eigenvalue weighted by atomic mass is 16.5. The Kier molecular flexibility index (Phi) is 6.40. The second-order valence-electron chi connectivity index (χ2n) is 5.51. The summed E-state index contributed by atoms with van der Waals surface area (Å²) >= 11 is 0. The van der Waals surface area contributed by atoms with E-state index in [9.17, 15) is 9.59 Å². The zero-order chi connectivity index (χ0) is 16.8. The number of benzene rings is 1. The lowest BCUT2D eigenvalue weighted by atomic mass is 9.90. The van der Waals surface area contributed by atoms with Crippen molar-refractivity contribution in [1.29, 1.82) is 0 Å². The van der Waals surface area contributed by atoms with Crippen LogP contribution in [0.15, 0.2) is 24.3 Å². The second-order valence-corrected chi connectivity index (χ2v) is 5.51. The fourth-order valence-electron chi connectivity index (χ4n) is 2.09. The minimum atomic E-state index is -1.11. The number of ether oxygens (including phenoxy) is 1. The van der Waals surface area contributed by atoms with Crippen LogP contribution in [-0.2, 0) is 9.59 Å². The van der Waals surface area contributed by atoms with Crippen LogP contribution in [0.25, 0.3) is 0 Å². The largest absolute Gasteiger partial charge is 0.494 e. The van der Waals surface area contributed by atoms with E-state index in [0.29, 0.717) is 25.4 Å². The van der Waals surface area contributed by atoms with Crippen LogP contribution in [0.2, 0.25) is 0 Å². The summed E-state index contributed by atoms with van der Waals surface area (Å²) in [6.07, 6.45) is 0. The number of hydrogen-bond donors (Lipinski definition) is 1. The molecule has 0 radical (unpaired) electrons. The maximum absolute atomic E-state index is 12.4. The number of nitrogens with zero attached hydrogens (tertiary/aromatic N) is 1. The van der Waals surface area contributed by atoms with Gasteiger partial charge in [-0.1, -0.05) is 0 Å². The molecule has 0 unspecified atom stereocenters. The lowest BCUT2D eigenvalue weighted by Gasteiger charge is -2.29. The third-order valence-electron chi connectivity index (χ3n) is 3.58. The van der Waals surface area contributed by atoms with Gasteiger partial charge in [0.25, 0.3) is 0 Å². The third kappa shape index (κ3) is 4.23. The van der Waals surface area contributed by atoms with Gasteiger partial charge in [-0.2, -0.15) is 0 Å². The number of nitrogens with one attached hydrogen (secondary N) is 1. The monoisotopic (exact) mass is 306 g/mol. The Morgan fingerprint density at radius 2 is 1.64 bits per heavy atom. The Bertz CT molecular complexity index is 505. The fraction of sp³-hybridized carbons (Fsp3) is 0.529. The second kappa shape index (κ2) is 7.82. The molecule has 1 rings (SSSR count). The highest BCUT2D eigenvalue weighted by molar-refractivity contribution is 6.09. The maximum Gasteiger partial charge on any atom is 0.239 e. The number of hydrogen-bond acceptors (Lipinski definition) is 3. The normalized spacial score (nSPS) is 11.0. The molecule has 2 amide bonds. The molecular formula is C17H26N2O3. The first-order valence-corrected chi connectivity index (χ1v) is 7.70. The Morgan fingerprint density at radius 3 is 2.09 bits per heavy atom. The minimum absolute atomic E-state index is 0.166. The quantitative estimate of drug-likeness (QED) is 0.788. The smallest absolute Gasteiger partial charge is 0.239 e. The van der Waals surface area contributed by atoms with Crippen molar-refractivity contribution in [3.8, 4) is 5.75 Å². The molecule has 0 aliphatic carbocycles. The first-order valence-electron chi connectivity index (χ1n) is 7.70. The van der Waals surface area contributed by atoms with E-state index < -0.39 is 5.41 Å². The first kappa shape index (κ1) is 18.0. The molecule has 0 aromatic heterocycles. The number of carbonyl (C=O) groups excluding carboxylic acids is 2. The van der Waals surface area contributed by atoms with Gasteiger partial charge in [0.15, 0.2) is 0 Å². The molecule has 0 fully saturated rings. The summed E-state index contributed by atoms with van der Waals surface area (Å²) in [4.78, 5) is 26.5. The summed E-state index contributed by atoms with van der Waals surface area (Å²) in [5.74, 6) is 0.272. The van der Waals surface area contributed by atoms with Crippen molar-refractivity contribution in [2.75, 3.05) is 25.0 Å². The standard InChI is InChI=1S/C17H26N2O3/c1-6-19(7-2)16(21)17(4,5)15(20)18-13-9-11-14(12-10-13)22-8-3/h9-12H,6-8H2,1-5H3,(H,18,20). The highest BCUT2D eigenvalue weighted by Crippen LogP contribution is 2.23. The van der Waals surface area contributed by atoms with Gasteiger partial charge in [0.2, 0.25) is 11.8 Å². The third-order valence-corrected chi connectivity index (χ3v) is 3.58. The lowest BCUT2D eigenvalue weighted by Crippen LogP contribution is -2.47. The van der Waals surface area contributed by atoms with Gasteiger partial charge in [0.05, 0.1) is 6.61 Å². The van der Waals surface area contributed by atoms with E-state index in [0.717, 1.165) is 5.75 Å². The van der Waals surface area contributed by atoms with Gasteiger partial charge >= 0.3 is 0 Å². The number of anilines is 1. The summed E-state index contributed by atoms with van der Waals surface area (Å²) < 4.78 is 5.36. The number of rotatable bonds is 7.